The Hall–Kier alpha value is -3.19. The van der Waals surface area contributed by atoms with Crippen molar-refractivity contribution in [3.8, 4) is 17.6 Å². The summed E-state index contributed by atoms with van der Waals surface area (Å²) in [5.74, 6) is 7.03. The van der Waals surface area contributed by atoms with E-state index in [-0.39, 0.29) is 11.0 Å². The summed E-state index contributed by atoms with van der Waals surface area (Å²) in [7, 11) is 0.392. The molecule has 1 aromatic heterocycles. The van der Waals surface area contributed by atoms with Crippen molar-refractivity contribution < 1.29 is 17.9 Å². The number of sulfone groups is 1. The Balaban J connectivity index is 1.36. The summed E-state index contributed by atoms with van der Waals surface area (Å²) < 4.78 is 36.9. The number of epoxide rings is 1. The minimum atomic E-state index is -3.31. The number of likely N-dealkylation sites (tertiary alicyclic amines) is 1. The molecule has 2 aliphatic rings. The van der Waals surface area contributed by atoms with Gasteiger partial charge >= 0.3 is 0 Å². The van der Waals surface area contributed by atoms with E-state index in [1.165, 1.54) is 24.8 Å². The lowest BCUT2D eigenvalue weighted by Gasteiger charge is -2.30. The highest BCUT2D eigenvalue weighted by Gasteiger charge is 2.25. The van der Waals surface area contributed by atoms with Crippen molar-refractivity contribution in [2.24, 2.45) is 0 Å². The lowest BCUT2D eigenvalue weighted by molar-refractivity contribution is 0.264. The van der Waals surface area contributed by atoms with E-state index in [9.17, 15) is 8.42 Å². The number of hydrogen-bond donors (Lipinski definition) is 2. The molecule has 0 radical (unpaired) electrons. The topological polar surface area (TPSA) is 88.1 Å². The molecule has 2 aliphatic heterocycles. The number of ether oxygens (including phenoxy) is 2. The van der Waals surface area contributed by atoms with Crippen molar-refractivity contribution in [2.45, 2.75) is 36.4 Å². The van der Waals surface area contributed by atoms with E-state index in [4.69, 9.17) is 9.47 Å². The van der Waals surface area contributed by atoms with Crippen molar-refractivity contribution in [3.05, 3.63) is 48.2 Å². The van der Waals surface area contributed by atoms with E-state index in [2.05, 4.69) is 63.3 Å². The van der Waals surface area contributed by atoms with Gasteiger partial charge in [-0.05, 0) is 69.2 Å². The number of methoxy groups -OCH3 is 1. The van der Waals surface area contributed by atoms with Gasteiger partial charge in [-0.25, -0.2) is 8.42 Å². The molecule has 2 N–H and O–H groups in total. The van der Waals surface area contributed by atoms with Gasteiger partial charge in [0.15, 0.2) is 9.84 Å². The lowest BCUT2D eigenvalue weighted by atomic mass is 10.0. The van der Waals surface area contributed by atoms with E-state index in [0.717, 1.165) is 56.0 Å². The summed E-state index contributed by atoms with van der Waals surface area (Å²) in [4.78, 5) is 2.60. The van der Waals surface area contributed by atoms with E-state index in [1.807, 2.05) is 0 Å². The largest absolute Gasteiger partial charge is 0.495 e. The Morgan fingerprint density at radius 1 is 1.14 bits per heavy atom. The molecule has 0 aliphatic carbocycles. The van der Waals surface area contributed by atoms with E-state index in [0.29, 0.717) is 24.0 Å². The van der Waals surface area contributed by atoms with Gasteiger partial charge in [-0.1, -0.05) is 12.0 Å². The molecule has 2 fully saturated rings. The third-order valence-electron chi connectivity index (χ3n) is 7.00. The monoisotopic (exact) mass is 522 g/mol. The van der Waals surface area contributed by atoms with Gasteiger partial charge in [-0.15, -0.1) is 0 Å². The zero-order chi connectivity index (χ0) is 26.0. The number of piperidine rings is 1. The molecule has 3 heterocycles. The van der Waals surface area contributed by atoms with Crippen LogP contribution in [-0.4, -0.2) is 76.7 Å². The summed E-state index contributed by atoms with van der Waals surface area (Å²) in [5.41, 5.74) is 3.95. The first-order chi connectivity index (χ1) is 17.8. The maximum atomic E-state index is 11.8. The van der Waals surface area contributed by atoms with Gasteiger partial charge in [0.05, 0.1) is 54.7 Å². The predicted molar refractivity (Wildman–Crippen MR) is 147 cm³/mol. The van der Waals surface area contributed by atoms with Crippen LogP contribution in [0.3, 0.4) is 0 Å². The lowest BCUT2D eigenvalue weighted by Crippen LogP contribution is -2.36. The second kappa shape index (κ2) is 10.7. The molecule has 2 aromatic carbocycles. The normalized spacial score (nSPS) is 18.3. The summed E-state index contributed by atoms with van der Waals surface area (Å²) >= 11 is 0. The summed E-state index contributed by atoms with van der Waals surface area (Å²) in [6, 6.07) is 13.9. The molecule has 3 aromatic rings. The molecule has 9 heteroatoms. The molecule has 1 atom stereocenters. The average Bonchev–Trinajstić information content (AvgIpc) is 3.63. The average molecular weight is 523 g/mol. The van der Waals surface area contributed by atoms with Gasteiger partial charge in [0.25, 0.3) is 0 Å². The molecular weight excluding hydrogens is 488 g/mol. The summed E-state index contributed by atoms with van der Waals surface area (Å²) in [6.45, 7) is 4.17. The summed E-state index contributed by atoms with van der Waals surface area (Å²) in [5, 5.41) is 8.20. The van der Waals surface area contributed by atoms with Crippen LogP contribution in [0.25, 0.3) is 10.9 Å². The molecule has 8 nitrogen and oxygen atoms in total. The van der Waals surface area contributed by atoms with Crippen LogP contribution in [-0.2, 0) is 21.1 Å². The summed E-state index contributed by atoms with van der Waals surface area (Å²) in [6.07, 6.45) is 3.69. The highest BCUT2D eigenvalue weighted by molar-refractivity contribution is 7.90. The fraction of sp³-hybridized carbons (Fsp3) is 0.429. The SMILES string of the molecule is COc1cc(S(C)(=O)=O)ccc1NCC#Cc1cc2c(NC3CCN(C)CC3)cccc2n1CC1CO1. The molecule has 0 bridgehead atoms. The van der Waals surface area contributed by atoms with Crippen LogP contribution >= 0.6 is 0 Å². The Kier molecular flexibility index (Phi) is 7.33. The number of anilines is 2. The smallest absolute Gasteiger partial charge is 0.175 e. The van der Waals surface area contributed by atoms with Gasteiger partial charge in [0.2, 0.25) is 0 Å². The molecule has 2 saturated heterocycles. The van der Waals surface area contributed by atoms with Crippen molar-refractivity contribution in [2.75, 3.05) is 57.3 Å². The van der Waals surface area contributed by atoms with Crippen molar-refractivity contribution >= 4 is 32.1 Å². The number of nitrogens with zero attached hydrogens (tertiary/aromatic N) is 2. The van der Waals surface area contributed by atoms with Gasteiger partial charge < -0.3 is 29.6 Å². The number of benzene rings is 2. The highest BCUT2D eigenvalue weighted by atomic mass is 32.2. The van der Waals surface area contributed by atoms with Crippen LogP contribution in [0.1, 0.15) is 18.5 Å². The van der Waals surface area contributed by atoms with Crippen molar-refractivity contribution in [1.82, 2.24) is 9.47 Å². The molecule has 5 rings (SSSR count). The second-order valence-corrected chi connectivity index (χ2v) is 11.9. The Bertz CT molecular complexity index is 1440. The number of fused-ring (bicyclic) bond motifs is 1. The molecule has 0 spiro atoms. The maximum Gasteiger partial charge on any atom is 0.175 e. The zero-order valence-electron chi connectivity index (χ0n) is 21.6. The van der Waals surface area contributed by atoms with E-state index >= 15 is 0 Å². The zero-order valence-corrected chi connectivity index (χ0v) is 22.4. The molecule has 0 amide bonds. The standard InChI is InChI=1S/C28H34N4O4S/c1-31-14-11-20(12-15-31)30-25-7-4-8-27-24(25)16-21(32(27)18-22-19-36-22)6-5-13-29-26-10-9-23(37(3,33)34)17-28(26)35-2/h4,7-10,16-17,20,22,29-30H,11-15,18-19H2,1-3H3. The first kappa shape index (κ1) is 25.5. The Morgan fingerprint density at radius 3 is 2.62 bits per heavy atom. The minimum Gasteiger partial charge on any atom is -0.495 e. The van der Waals surface area contributed by atoms with Gasteiger partial charge in [0, 0.05) is 29.4 Å². The third-order valence-corrected chi connectivity index (χ3v) is 8.11. The second-order valence-electron chi connectivity index (χ2n) is 9.85. The molecule has 37 heavy (non-hydrogen) atoms. The van der Waals surface area contributed by atoms with Crippen LogP contribution in [0.4, 0.5) is 11.4 Å². The van der Waals surface area contributed by atoms with E-state index < -0.39 is 9.84 Å². The van der Waals surface area contributed by atoms with Gasteiger partial charge in [-0.3, -0.25) is 0 Å². The van der Waals surface area contributed by atoms with Gasteiger partial charge in [-0.2, -0.15) is 0 Å². The number of hydrogen-bond acceptors (Lipinski definition) is 7. The molecule has 1 unspecified atom stereocenters. The predicted octanol–water partition coefficient (Wildman–Crippen LogP) is 3.42. The fourth-order valence-electron chi connectivity index (χ4n) is 4.78. The van der Waals surface area contributed by atoms with Crippen LogP contribution in [0, 0.1) is 11.8 Å². The van der Waals surface area contributed by atoms with Crippen LogP contribution < -0.4 is 15.4 Å². The van der Waals surface area contributed by atoms with Crippen molar-refractivity contribution in [1.29, 1.82) is 0 Å². The fourth-order valence-corrected chi connectivity index (χ4v) is 5.42. The van der Waals surface area contributed by atoms with Crippen LogP contribution in [0.15, 0.2) is 47.4 Å². The quantitative estimate of drug-likeness (QED) is 0.346. The Morgan fingerprint density at radius 2 is 1.92 bits per heavy atom. The molecular formula is C28H34N4O4S. The first-order valence-corrected chi connectivity index (χ1v) is 14.5. The van der Waals surface area contributed by atoms with Crippen LogP contribution in [0.2, 0.25) is 0 Å². The number of aromatic nitrogens is 1. The number of nitrogens with one attached hydrogen (secondary N) is 2. The maximum absolute atomic E-state index is 11.8. The minimum absolute atomic E-state index is 0.220. The van der Waals surface area contributed by atoms with Crippen molar-refractivity contribution in [3.63, 3.8) is 0 Å². The van der Waals surface area contributed by atoms with E-state index in [1.54, 1.807) is 12.1 Å². The number of rotatable bonds is 8. The third kappa shape index (κ3) is 6.04. The molecule has 196 valence electrons. The van der Waals surface area contributed by atoms with Gasteiger partial charge in [0.1, 0.15) is 5.75 Å². The first-order valence-electron chi connectivity index (χ1n) is 12.6. The molecule has 0 saturated carbocycles. The highest BCUT2D eigenvalue weighted by Crippen LogP contribution is 2.30. The van der Waals surface area contributed by atoms with Crippen LogP contribution in [0.5, 0.6) is 5.75 Å². The Labute approximate surface area is 218 Å².